The van der Waals surface area contributed by atoms with E-state index in [1.54, 1.807) is 0 Å². The Morgan fingerprint density at radius 1 is 0.857 bits per heavy atom. The number of rotatable bonds is 4. The van der Waals surface area contributed by atoms with Crippen LogP contribution in [0.15, 0.2) is 48.5 Å². The lowest BCUT2D eigenvalue weighted by atomic mass is 10.1. The van der Waals surface area contributed by atoms with E-state index in [4.69, 9.17) is 0 Å². The summed E-state index contributed by atoms with van der Waals surface area (Å²) in [4.78, 5) is 0. The van der Waals surface area contributed by atoms with Gasteiger partial charge in [-0.2, -0.15) is 13.2 Å². The first-order valence-corrected chi connectivity index (χ1v) is 7.04. The molecule has 110 valence electrons. The Morgan fingerprint density at radius 2 is 1.38 bits per heavy atom. The van der Waals surface area contributed by atoms with E-state index in [1.807, 2.05) is 36.4 Å². The molecule has 0 aliphatic heterocycles. The summed E-state index contributed by atoms with van der Waals surface area (Å²) in [5.41, 5.74) is 4.62. The van der Waals surface area contributed by atoms with Gasteiger partial charge in [-0.05, 0) is 35.2 Å². The molecule has 0 atom stereocenters. The molecule has 0 amide bonds. The third-order valence-corrected chi connectivity index (χ3v) is 3.82. The fraction of sp³-hybridized carbons (Fsp3) is 0.294. The van der Waals surface area contributed by atoms with Crippen LogP contribution in [-0.4, -0.2) is 12.7 Å². The highest BCUT2D eigenvalue weighted by molar-refractivity contribution is 5.78. The van der Waals surface area contributed by atoms with E-state index in [0.717, 1.165) is 11.1 Å². The van der Waals surface area contributed by atoms with E-state index in [0.29, 0.717) is 6.54 Å². The van der Waals surface area contributed by atoms with Crippen molar-refractivity contribution >= 4 is 0 Å². The van der Waals surface area contributed by atoms with E-state index in [1.165, 1.54) is 11.1 Å². The number of benzene rings is 2. The van der Waals surface area contributed by atoms with Crippen molar-refractivity contribution in [3.63, 3.8) is 0 Å². The molecule has 0 fully saturated rings. The van der Waals surface area contributed by atoms with Crippen molar-refractivity contribution in [3.05, 3.63) is 59.7 Å². The van der Waals surface area contributed by atoms with Crippen LogP contribution in [0.4, 0.5) is 13.2 Å². The minimum atomic E-state index is -4.08. The van der Waals surface area contributed by atoms with Crippen LogP contribution in [0.3, 0.4) is 0 Å². The second-order valence-electron chi connectivity index (χ2n) is 5.28. The van der Waals surface area contributed by atoms with Gasteiger partial charge in [0.1, 0.15) is 0 Å². The van der Waals surface area contributed by atoms with E-state index in [-0.39, 0.29) is 12.5 Å². The molecule has 3 rings (SSSR count). The van der Waals surface area contributed by atoms with Crippen LogP contribution >= 0.6 is 0 Å². The third-order valence-electron chi connectivity index (χ3n) is 3.82. The molecule has 2 aromatic carbocycles. The molecule has 0 unspecified atom stereocenters. The first-order chi connectivity index (χ1) is 10.1. The molecule has 0 aromatic heterocycles. The first kappa shape index (κ1) is 14.1. The molecule has 0 saturated carbocycles. The number of halogens is 3. The Balaban J connectivity index is 1.76. The highest BCUT2D eigenvalue weighted by atomic mass is 19.4. The van der Waals surface area contributed by atoms with Crippen LogP contribution in [0.25, 0.3) is 11.1 Å². The molecule has 0 spiro atoms. The van der Waals surface area contributed by atoms with Gasteiger partial charge in [0.05, 0.1) is 6.04 Å². The molecular formula is C17H16F3N. The van der Waals surface area contributed by atoms with Crippen molar-refractivity contribution in [1.82, 2.24) is 5.32 Å². The lowest BCUT2D eigenvalue weighted by Crippen LogP contribution is -2.23. The normalized spacial score (nSPS) is 14.0. The molecule has 0 bridgehead atoms. The SMILES string of the molecule is FC(F)(F)CCCNC1c2ccccc2-c2ccccc21. The molecule has 2 aromatic rings. The standard InChI is InChI=1S/C17H16F3N/c18-17(19,20)10-5-11-21-16-14-8-3-1-6-12(14)13-7-2-4-9-15(13)16/h1-4,6-9,16,21H,5,10-11H2. The molecule has 0 saturated heterocycles. The molecule has 21 heavy (non-hydrogen) atoms. The molecule has 1 nitrogen and oxygen atoms in total. The zero-order valence-electron chi connectivity index (χ0n) is 11.5. The topological polar surface area (TPSA) is 12.0 Å². The molecule has 1 aliphatic carbocycles. The number of hydrogen-bond donors (Lipinski definition) is 1. The van der Waals surface area contributed by atoms with Crippen molar-refractivity contribution in [3.8, 4) is 11.1 Å². The summed E-state index contributed by atoms with van der Waals surface area (Å²) in [5, 5.41) is 3.27. The maximum absolute atomic E-state index is 12.2. The van der Waals surface area contributed by atoms with Crippen LogP contribution in [-0.2, 0) is 0 Å². The van der Waals surface area contributed by atoms with Gasteiger partial charge in [-0.3, -0.25) is 0 Å². The van der Waals surface area contributed by atoms with Crippen molar-refractivity contribution < 1.29 is 13.2 Å². The van der Waals surface area contributed by atoms with Crippen LogP contribution in [0.1, 0.15) is 30.0 Å². The summed E-state index contributed by atoms with van der Waals surface area (Å²) in [6.07, 6.45) is -4.71. The lowest BCUT2D eigenvalue weighted by Gasteiger charge is -2.16. The average molecular weight is 291 g/mol. The fourth-order valence-electron chi connectivity index (χ4n) is 2.91. The summed E-state index contributed by atoms with van der Waals surface area (Å²) in [7, 11) is 0. The predicted molar refractivity (Wildman–Crippen MR) is 77.0 cm³/mol. The maximum atomic E-state index is 12.2. The second kappa shape index (κ2) is 5.53. The average Bonchev–Trinajstić information content (AvgIpc) is 2.77. The van der Waals surface area contributed by atoms with Gasteiger partial charge in [-0.1, -0.05) is 48.5 Å². The Kier molecular flexibility index (Phi) is 3.72. The fourth-order valence-corrected chi connectivity index (χ4v) is 2.91. The summed E-state index contributed by atoms with van der Waals surface area (Å²) < 4.78 is 36.6. The third kappa shape index (κ3) is 2.95. The number of fused-ring (bicyclic) bond motifs is 3. The highest BCUT2D eigenvalue weighted by Crippen LogP contribution is 2.42. The molecule has 4 heteroatoms. The van der Waals surface area contributed by atoms with Crippen LogP contribution in [0, 0.1) is 0 Å². The minimum absolute atomic E-state index is 0.00867. The van der Waals surface area contributed by atoms with Crippen LogP contribution in [0.5, 0.6) is 0 Å². The summed E-state index contributed by atoms with van der Waals surface area (Å²) in [6.45, 7) is 0.354. The van der Waals surface area contributed by atoms with E-state index < -0.39 is 12.6 Å². The summed E-state index contributed by atoms with van der Waals surface area (Å²) >= 11 is 0. The van der Waals surface area contributed by atoms with Crippen molar-refractivity contribution in [1.29, 1.82) is 0 Å². The van der Waals surface area contributed by atoms with Gasteiger partial charge in [0.25, 0.3) is 0 Å². The minimum Gasteiger partial charge on any atom is -0.306 e. The largest absolute Gasteiger partial charge is 0.389 e. The number of nitrogens with one attached hydrogen (secondary N) is 1. The van der Waals surface area contributed by atoms with Crippen LogP contribution in [0.2, 0.25) is 0 Å². The molecule has 0 heterocycles. The zero-order chi connectivity index (χ0) is 14.9. The monoisotopic (exact) mass is 291 g/mol. The zero-order valence-corrected chi connectivity index (χ0v) is 11.5. The van der Waals surface area contributed by atoms with E-state index in [2.05, 4.69) is 17.4 Å². The smallest absolute Gasteiger partial charge is 0.306 e. The molecule has 1 aliphatic rings. The summed E-state index contributed by atoms with van der Waals surface area (Å²) in [5.74, 6) is 0. The number of hydrogen-bond acceptors (Lipinski definition) is 1. The second-order valence-corrected chi connectivity index (χ2v) is 5.28. The van der Waals surface area contributed by atoms with Gasteiger partial charge in [-0.25, -0.2) is 0 Å². The van der Waals surface area contributed by atoms with Gasteiger partial charge in [-0.15, -0.1) is 0 Å². The van der Waals surface area contributed by atoms with Crippen LogP contribution < -0.4 is 5.32 Å². The number of alkyl halides is 3. The Labute approximate surface area is 121 Å². The molecule has 1 N–H and O–H groups in total. The lowest BCUT2D eigenvalue weighted by molar-refractivity contribution is -0.135. The molecular weight excluding hydrogens is 275 g/mol. The summed E-state index contributed by atoms with van der Waals surface area (Å²) in [6, 6.07) is 16.1. The van der Waals surface area contributed by atoms with Gasteiger partial charge < -0.3 is 5.32 Å². The first-order valence-electron chi connectivity index (χ1n) is 7.04. The van der Waals surface area contributed by atoms with Gasteiger partial charge >= 0.3 is 6.18 Å². The predicted octanol–water partition coefficient (Wildman–Crippen LogP) is 4.69. The highest BCUT2D eigenvalue weighted by Gasteiger charge is 2.29. The van der Waals surface area contributed by atoms with Gasteiger partial charge in [0.2, 0.25) is 0 Å². The Bertz CT molecular complexity index is 588. The molecule has 0 radical (unpaired) electrons. The van der Waals surface area contributed by atoms with E-state index >= 15 is 0 Å². The van der Waals surface area contributed by atoms with Gasteiger partial charge in [0, 0.05) is 6.42 Å². The quantitative estimate of drug-likeness (QED) is 0.806. The van der Waals surface area contributed by atoms with E-state index in [9.17, 15) is 13.2 Å². The van der Waals surface area contributed by atoms with Crippen molar-refractivity contribution in [2.45, 2.75) is 25.1 Å². The maximum Gasteiger partial charge on any atom is 0.389 e. The van der Waals surface area contributed by atoms with Crippen molar-refractivity contribution in [2.24, 2.45) is 0 Å². The Morgan fingerprint density at radius 3 is 1.90 bits per heavy atom. The Hall–Kier alpha value is -1.81. The van der Waals surface area contributed by atoms with Gasteiger partial charge in [0.15, 0.2) is 0 Å². The van der Waals surface area contributed by atoms with Crippen molar-refractivity contribution in [2.75, 3.05) is 6.54 Å².